The third kappa shape index (κ3) is 4.21. The molecule has 1 fully saturated rings. The number of aliphatic hydroxyl groups excluding tert-OH is 1. The lowest BCUT2D eigenvalue weighted by molar-refractivity contribution is -0.0663. The molecule has 2 atom stereocenters. The molecule has 5 nitrogen and oxygen atoms in total. The van der Waals surface area contributed by atoms with Gasteiger partial charge in [0.25, 0.3) is 0 Å². The molecule has 2 unspecified atom stereocenters. The molecule has 0 spiro atoms. The second kappa shape index (κ2) is 8.43. The fourth-order valence-corrected chi connectivity index (χ4v) is 5.33. The van der Waals surface area contributed by atoms with Gasteiger partial charge in [0.15, 0.2) is 0 Å². The Bertz CT molecular complexity index is 877. The van der Waals surface area contributed by atoms with Gasteiger partial charge >= 0.3 is 0 Å². The molecule has 0 bridgehead atoms. The summed E-state index contributed by atoms with van der Waals surface area (Å²) in [5.74, 6) is 0.163. The first-order valence-electron chi connectivity index (χ1n) is 9.55. The Balaban J connectivity index is 1.60. The number of halogens is 1. The van der Waals surface area contributed by atoms with Crippen molar-refractivity contribution in [1.82, 2.24) is 9.80 Å². The topological polar surface area (TPSA) is 76.6 Å². The molecule has 0 amide bonds. The highest BCUT2D eigenvalue weighted by Gasteiger charge is 2.33. The van der Waals surface area contributed by atoms with E-state index in [0.717, 1.165) is 24.5 Å². The van der Waals surface area contributed by atoms with Crippen molar-refractivity contribution in [3.05, 3.63) is 58.6 Å². The van der Waals surface area contributed by atoms with Gasteiger partial charge in [0.2, 0.25) is 0 Å². The molecule has 0 aromatic heterocycles. The van der Waals surface area contributed by atoms with Crippen LogP contribution in [0.4, 0.5) is 0 Å². The Kier molecular flexibility index (Phi) is 5.94. The van der Waals surface area contributed by atoms with E-state index in [1.807, 2.05) is 11.0 Å². The van der Waals surface area contributed by atoms with Gasteiger partial charge in [-0.05, 0) is 41.8 Å². The number of piperazine rings is 1. The summed E-state index contributed by atoms with van der Waals surface area (Å²) in [5.41, 5.74) is 8.04. The summed E-state index contributed by atoms with van der Waals surface area (Å²) in [4.78, 5) is 6.89. The minimum absolute atomic E-state index is 0.163. The van der Waals surface area contributed by atoms with Crippen LogP contribution in [-0.4, -0.2) is 53.1 Å². The second-order valence-corrected chi connectivity index (χ2v) is 8.92. The summed E-state index contributed by atoms with van der Waals surface area (Å²) in [6.45, 7) is 2.81. The van der Waals surface area contributed by atoms with Crippen LogP contribution in [0, 0.1) is 5.41 Å². The van der Waals surface area contributed by atoms with Gasteiger partial charge in [-0.2, -0.15) is 0 Å². The lowest BCUT2D eigenvalue weighted by Gasteiger charge is -2.42. The van der Waals surface area contributed by atoms with Crippen LogP contribution in [0.3, 0.4) is 0 Å². The van der Waals surface area contributed by atoms with Crippen LogP contribution in [0.25, 0.3) is 0 Å². The van der Waals surface area contributed by atoms with Crippen molar-refractivity contribution < 1.29 is 5.11 Å². The number of rotatable bonds is 4. The van der Waals surface area contributed by atoms with Gasteiger partial charge in [-0.15, -0.1) is 0 Å². The Morgan fingerprint density at radius 2 is 2.04 bits per heavy atom. The van der Waals surface area contributed by atoms with Crippen molar-refractivity contribution in [2.75, 3.05) is 26.2 Å². The van der Waals surface area contributed by atoms with Crippen molar-refractivity contribution in [1.29, 1.82) is 5.41 Å². The minimum atomic E-state index is -0.554. The Morgan fingerprint density at radius 1 is 1.21 bits per heavy atom. The average Bonchev–Trinajstić information content (AvgIpc) is 2.83. The van der Waals surface area contributed by atoms with Gasteiger partial charge in [-0.1, -0.05) is 41.6 Å². The molecule has 148 valence electrons. The van der Waals surface area contributed by atoms with Crippen molar-refractivity contribution in [3.63, 3.8) is 0 Å². The van der Waals surface area contributed by atoms with E-state index < -0.39 is 6.23 Å². The number of hydrogen-bond acceptors (Lipinski definition) is 5. The number of hydrogen-bond donors (Lipinski definition) is 3. The van der Waals surface area contributed by atoms with E-state index in [4.69, 9.17) is 22.7 Å². The summed E-state index contributed by atoms with van der Waals surface area (Å²) in [7, 11) is 0. The Labute approximate surface area is 175 Å². The zero-order chi connectivity index (χ0) is 19.7. The van der Waals surface area contributed by atoms with Gasteiger partial charge in [0.1, 0.15) is 6.23 Å². The van der Waals surface area contributed by atoms with Crippen molar-refractivity contribution in [3.8, 4) is 0 Å². The molecule has 1 saturated heterocycles. The number of β-amino-alcohol motifs (C(OH)–C–C–N with tert-alkyl or cyclic N) is 1. The number of aliphatic hydroxyl groups is 1. The van der Waals surface area contributed by atoms with E-state index >= 15 is 0 Å². The van der Waals surface area contributed by atoms with Crippen LogP contribution in [0.15, 0.2) is 52.3 Å². The number of nitrogens with two attached hydrogens (primary N) is 1. The van der Waals surface area contributed by atoms with Crippen LogP contribution in [0.1, 0.15) is 23.6 Å². The number of fused-ring (bicyclic) bond motifs is 2. The SMILES string of the molecule is N=C(N)CCN1CCN(C2Cc3ccccc3Sc3ccc(Cl)cc32)CC1O. The predicted molar refractivity (Wildman–Crippen MR) is 114 cm³/mol. The van der Waals surface area contributed by atoms with Crippen LogP contribution < -0.4 is 5.73 Å². The Hall–Kier alpha value is -1.57. The van der Waals surface area contributed by atoms with Crippen molar-refractivity contribution in [2.45, 2.75) is 34.9 Å². The third-order valence-electron chi connectivity index (χ3n) is 5.54. The summed E-state index contributed by atoms with van der Waals surface area (Å²) in [6, 6.07) is 14.9. The average molecular weight is 417 g/mol. The predicted octanol–water partition coefficient (Wildman–Crippen LogP) is 3.35. The van der Waals surface area contributed by atoms with Crippen LogP contribution in [-0.2, 0) is 6.42 Å². The number of benzene rings is 2. The Morgan fingerprint density at radius 3 is 2.82 bits per heavy atom. The number of amidine groups is 1. The van der Waals surface area contributed by atoms with Crippen molar-refractivity contribution in [2.24, 2.45) is 5.73 Å². The number of nitrogens with one attached hydrogen (secondary N) is 1. The molecule has 28 heavy (non-hydrogen) atoms. The number of nitrogens with zero attached hydrogens (tertiary/aromatic N) is 2. The largest absolute Gasteiger partial charge is 0.388 e. The standard InChI is InChI=1S/C21H25ClN4OS/c22-15-5-6-19-16(12-15)17(11-14-3-1-2-4-18(14)28-19)26-10-9-25(21(27)13-26)8-7-20(23)24/h1-6,12,17,21,27H,7-11,13H2,(H3,23,24). The highest BCUT2D eigenvalue weighted by Crippen LogP contribution is 2.43. The van der Waals surface area contributed by atoms with Crippen LogP contribution in [0.2, 0.25) is 5.02 Å². The molecule has 2 aliphatic rings. The first-order valence-corrected chi connectivity index (χ1v) is 10.7. The summed E-state index contributed by atoms with van der Waals surface area (Å²) in [6.07, 6.45) is 0.835. The maximum Gasteiger partial charge on any atom is 0.120 e. The zero-order valence-electron chi connectivity index (χ0n) is 15.6. The lowest BCUT2D eigenvalue weighted by atomic mass is 9.96. The normalized spacial score (nSPS) is 22.9. The summed E-state index contributed by atoms with van der Waals surface area (Å²) < 4.78 is 0. The molecule has 4 rings (SSSR count). The molecule has 0 radical (unpaired) electrons. The van der Waals surface area contributed by atoms with Crippen LogP contribution >= 0.6 is 23.4 Å². The van der Waals surface area contributed by atoms with Gasteiger partial charge in [-0.3, -0.25) is 15.2 Å². The highest BCUT2D eigenvalue weighted by atomic mass is 35.5. The molecule has 2 aromatic rings. The van der Waals surface area contributed by atoms with E-state index in [0.29, 0.717) is 19.5 Å². The van der Waals surface area contributed by atoms with E-state index in [-0.39, 0.29) is 11.9 Å². The third-order valence-corrected chi connectivity index (χ3v) is 6.98. The fraction of sp³-hybridized carbons (Fsp3) is 0.381. The monoisotopic (exact) mass is 416 g/mol. The first-order chi connectivity index (χ1) is 13.5. The van der Waals surface area contributed by atoms with Crippen LogP contribution in [0.5, 0.6) is 0 Å². The highest BCUT2D eigenvalue weighted by molar-refractivity contribution is 7.99. The fourth-order valence-electron chi connectivity index (χ4n) is 4.04. The molecular formula is C21H25ClN4OS. The molecule has 2 heterocycles. The molecular weight excluding hydrogens is 392 g/mol. The lowest BCUT2D eigenvalue weighted by Crippen LogP contribution is -2.54. The van der Waals surface area contributed by atoms with Gasteiger partial charge in [0, 0.05) is 53.5 Å². The van der Waals surface area contributed by atoms with E-state index in [1.165, 1.54) is 20.9 Å². The summed E-state index contributed by atoms with van der Waals surface area (Å²) in [5, 5.41) is 18.9. The molecule has 0 aliphatic carbocycles. The zero-order valence-corrected chi connectivity index (χ0v) is 17.2. The molecule has 7 heteroatoms. The second-order valence-electron chi connectivity index (χ2n) is 7.40. The maximum absolute atomic E-state index is 10.7. The van der Waals surface area contributed by atoms with Crippen molar-refractivity contribution >= 4 is 29.2 Å². The quantitative estimate of drug-likeness (QED) is 0.526. The van der Waals surface area contributed by atoms with E-state index in [9.17, 15) is 5.11 Å². The van der Waals surface area contributed by atoms with Gasteiger partial charge in [0.05, 0.1) is 5.84 Å². The van der Waals surface area contributed by atoms with Gasteiger partial charge in [-0.25, -0.2) is 0 Å². The summed E-state index contributed by atoms with van der Waals surface area (Å²) >= 11 is 8.15. The molecule has 0 saturated carbocycles. The molecule has 4 N–H and O–H groups in total. The maximum atomic E-state index is 10.7. The molecule has 2 aromatic carbocycles. The smallest absolute Gasteiger partial charge is 0.120 e. The van der Waals surface area contributed by atoms with E-state index in [2.05, 4.69) is 41.3 Å². The van der Waals surface area contributed by atoms with E-state index in [1.54, 1.807) is 11.8 Å². The minimum Gasteiger partial charge on any atom is -0.388 e. The first kappa shape index (κ1) is 19.7. The molecule has 2 aliphatic heterocycles. The van der Waals surface area contributed by atoms with Gasteiger partial charge < -0.3 is 10.8 Å².